The van der Waals surface area contributed by atoms with Crippen LogP contribution in [0.15, 0.2) is 0 Å². The van der Waals surface area contributed by atoms with Crippen molar-refractivity contribution in [2.45, 2.75) is 64.7 Å². The summed E-state index contributed by atoms with van der Waals surface area (Å²) in [5, 5.41) is 5.22. The number of hydrogen-bond acceptors (Lipinski definition) is 6. The highest BCUT2D eigenvalue weighted by molar-refractivity contribution is 5.94. The SMILES string of the molecule is COC(=O)[C@@H](NC(=O)[C@@H]1CCCN1C(=O)[C@H](C)NC(=O)[C@H](C)N)C(C)C. The van der Waals surface area contributed by atoms with E-state index in [1.807, 2.05) is 0 Å². The summed E-state index contributed by atoms with van der Waals surface area (Å²) < 4.78 is 4.72. The molecule has 3 amide bonds. The molecule has 4 N–H and O–H groups in total. The van der Waals surface area contributed by atoms with Gasteiger partial charge >= 0.3 is 5.97 Å². The van der Waals surface area contributed by atoms with E-state index in [1.54, 1.807) is 20.8 Å². The molecule has 0 spiro atoms. The number of nitrogens with two attached hydrogens (primary N) is 1. The van der Waals surface area contributed by atoms with E-state index < -0.39 is 42.0 Å². The number of methoxy groups -OCH3 is 1. The highest BCUT2D eigenvalue weighted by Gasteiger charge is 2.38. The van der Waals surface area contributed by atoms with E-state index in [-0.39, 0.29) is 11.8 Å². The Hall–Kier alpha value is -2.16. The Morgan fingerprint density at radius 2 is 1.73 bits per heavy atom. The average molecular weight is 370 g/mol. The smallest absolute Gasteiger partial charge is 0.328 e. The molecule has 0 saturated carbocycles. The lowest BCUT2D eigenvalue weighted by molar-refractivity contribution is -0.148. The third-order valence-corrected chi connectivity index (χ3v) is 4.40. The minimum atomic E-state index is -0.789. The van der Waals surface area contributed by atoms with E-state index in [0.29, 0.717) is 19.4 Å². The Morgan fingerprint density at radius 3 is 2.23 bits per heavy atom. The number of esters is 1. The van der Waals surface area contributed by atoms with Crippen LogP contribution >= 0.6 is 0 Å². The molecule has 26 heavy (non-hydrogen) atoms. The normalized spacial score (nSPS) is 20.3. The van der Waals surface area contributed by atoms with Crippen molar-refractivity contribution < 1.29 is 23.9 Å². The number of nitrogens with zero attached hydrogens (tertiary/aromatic N) is 1. The fourth-order valence-corrected chi connectivity index (χ4v) is 2.83. The van der Waals surface area contributed by atoms with Crippen LogP contribution in [0.2, 0.25) is 0 Å². The van der Waals surface area contributed by atoms with Crippen LogP contribution in [0, 0.1) is 5.92 Å². The summed E-state index contributed by atoms with van der Waals surface area (Å²) in [6, 6.07) is -2.97. The fraction of sp³-hybridized carbons (Fsp3) is 0.765. The van der Waals surface area contributed by atoms with E-state index in [2.05, 4.69) is 10.6 Å². The van der Waals surface area contributed by atoms with Gasteiger partial charge in [0.05, 0.1) is 13.2 Å². The van der Waals surface area contributed by atoms with Gasteiger partial charge in [0.15, 0.2) is 0 Å². The highest BCUT2D eigenvalue weighted by Crippen LogP contribution is 2.19. The first-order chi connectivity index (χ1) is 12.1. The molecule has 0 aromatic carbocycles. The summed E-state index contributed by atoms with van der Waals surface area (Å²) in [7, 11) is 1.26. The molecule has 0 aliphatic carbocycles. The predicted molar refractivity (Wildman–Crippen MR) is 94.8 cm³/mol. The van der Waals surface area contributed by atoms with Crippen LogP contribution < -0.4 is 16.4 Å². The van der Waals surface area contributed by atoms with Crippen molar-refractivity contribution in [3.8, 4) is 0 Å². The van der Waals surface area contributed by atoms with Gasteiger partial charge in [-0.1, -0.05) is 13.8 Å². The number of amides is 3. The van der Waals surface area contributed by atoms with Gasteiger partial charge in [0.1, 0.15) is 18.1 Å². The van der Waals surface area contributed by atoms with Gasteiger partial charge in [-0.05, 0) is 32.6 Å². The Bertz CT molecular complexity index is 549. The van der Waals surface area contributed by atoms with Crippen LogP contribution in [0.3, 0.4) is 0 Å². The molecule has 9 nitrogen and oxygen atoms in total. The summed E-state index contributed by atoms with van der Waals surface area (Å²) >= 11 is 0. The largest absolute Gasteiger partial charge is 0.467 e. The maximum absolute atomic E-state index is 12.6. The van der Waals surface area contributed by atoms with Gasteiger partial charge in [0.2, 0.25) is 17.7 Å². The summed E-state index contributed by atoms with van der Waals surface area (Å²) in [6.07, 6.45) is 1.17. The molecule has 0 radical (unpaired) electrons. The first-order valence-electron chi connectivity index (χ1n) is 8.84. The lowest BCUT2D eigenvalue weighted by atomic mass is 10.0. The van der Waals surface area contributed by atoms with Crippen LogP contribution in [-0.4, -0.2) is 66.4 Å². The van der Waals surface area contributed by atoms with Gasteiger partial charge in [-0.25, -0.2) is 4.79 Å². The summed E-state index contributed by atoms with van der Waals surface area (Å²) in [4.78, 5) is 50.2. The molecule has 1 saturated heterocycles. The van der Waals surface area contributed by atoms with Gasteiger partial charge in [-0.3, -0.25) is 14.4 Å². The number of rotatable bonds is 7. The van der Waals surface area contributed by atoms with E-state index >= 15 is 0 Å². The molecule has 9 heteroatoms. The number of carbonyl (C=O) groups excluding carboxylic acids is 4. The quantitative estimate of drug-likeness (QED) is 0.500. The molecule has 1 heterocycles. The zero-order valence-corrected chi connectivity index (χ0v) is 16.1. The molecule has 148 valence electrons. The standard InChI is InChI=1S/C17H30N4O5/c1-9(2)13(17(25)26-5)20-15(23)12-7-6-8-21(12)16(24)11(4)19-14(22)10(3)18/h9-13H,6-8,18H2,1-5H3,(H,19,22)(H,20,23)/t10-,11-,12-,13-/m0/s1. The van der Waals surface area contributed by atoms with Crippen LogP contribution in [-0.2, 0) is 23.9 Å². The number of carbonyl (C=O) groups is 4. The molecular formula is C17H30N4O5. The summed E-state index contributed by atoms with van der Waals surface area (Å²) in [6.45, 7) is 7.09. The second-order valence-electron chi connectivity index (χ2n) is 6.96. The monoisotopic (exact) mass is 370 g/mol. The zero-order chi connectivity index (χ0) is 20.0. The first kappa shape index (κ1) is 21.9. The Morgan fingerprint density at radius 1 is 1.12 bits per heavy atom. The molecule has 4 atom stereocenters. The summed E-state index contributed by atoms with van der Waals surface area (Å²) in [5.74, 6) is -1.86. The van der Waals surface area contributed by atoms with Crippen molar-refractivity contribution in [1.29, 1.82) is 0 Å². The first-order valence-corrected chi connectivity index (χ1v) is 8.84. The van der Waals surface area contributed by atoms with Crippen LogP contribution in [0.4, 0.5) is 0 Å². The highest BCUT2D eigenvalue weighted by atomic mass is 16.5. The van der Waals surface area contributed by atoms with Crippen molar-refractivity contribution in [2.75, 3.05) is 13.7 Å². The van der Waals surface area contributed by atoms with Crippen molar-refractivity contribution >= 4 is 23.7 Å². The van der Waals surface area contributed by atoms with Gasteiger partial charge in [0.25, 0.3) is 0 Å². The molecule has 0 aromatic rings. The van der Waals surface area contributed by atoms with Crippen molar-refractivity contribution in [3.63, 3.8) is 0 Å². The average Bonchev–Trinajstić information content (AvgIpc) is 3.07. The molecule has 1 rings (SSSR count). The molecule has 1 aliphatic heterocycles. The topological polar surface area (TPSA) is 131 Å². The third-order valence-electron chi connectivity index (χ3n) is 4.40. The molecule has 0 aromatic heterocycles. The van der Waals surface area contributed by atoms with Crippen molar-refractivity contribution in [1.82, 2.24) is 15.5 Å². The predicted octanol–water partition coefficient (Wildman–Crippen LogP) is -0.857. The van der Waals surface area contributed by atoms with Gasteiger partial charge in [0, 0.05) is 6.54 Å². The Balaban J connectivity index is 2.79. The lowest BCUT2D eigenvalue weighted by Gasteiger charge is -2.29. The van der Waals surface area contributed by atoms with E-state index in [1.165, 1.54) is 18.9 Å². The molecular weight excluding hydrogens is 340 g/mol. The number of likely N-dealkylation sites (tertiary alicyclic amines) is 1. The van der Waals surface area contributed by atoms with E-state index in [9.17, 15) is 19.2 Å². The molecule has 0 unspecified atom stereocenters. The number of ether oxygens (including phenoxy) is 1. The minimum absolute atomic E-state index is 0.152. The van der Waals surface area contributed by atoms with Gasteiger partial charge in [-0.2, -0.15) is 0 Å². The number of hydrogen-bond donors (Lipinski definition) is 3. The van der Waals surface area contributed by atoms with Gasteiger partial charge in [-0.15, -0.1) is 0 Å². The third kappa shape index (κ3) is 5.42. The molecule has 1 aliphatic rings. The fourth-order valence-electron chi connectivity index (χ4n) is 2.83. The minimum Gasteiger partial charge on any atom is -0.467 e. The molecule has 1 fully saturated rings. The van der Waals surface area contributed by atoms with Crippen LogP contribution in [0.25, 0.3) is 0 Å². The molecule has 0 bridgehead atoms. The maximum atomic E-state index is 12.6. The number of nitrogens with one attached hydrogen (secondary N) is 2. The van der Waals surface area contributed by atoms with Crippen molar-refractivity contribution in [2.24, 2.45) is 11.7 Å². The van der Waals surface area contributed by atoms with Gasteiger partial charge < -0.3 is 26.0 Å². The van der Waals surface area contributed by atoms with E-state index in [0.717, 1.165) is 0 Å². The lowest BCUT2D eigenvalue weighted by Crippen LogP contribution is -2.56. The van der Waals surface area contributed by atoms with Crippen LogP contribution in [0.5, 0.6) is 0 Å². The second kappa shape index (κ2) is 9.51. The second-order valence-corrected chi connectivity index (χ2v) is 6.96. The van der Waals surface area contributed by atoms with E-state index in [4.69, 9.17) is 10.5 Å². The summed E-state index contributed by atoms with van der Waals surface area (Å²) in [5.41, 5.74) is 5.49. The van der Waals surface area contributed by atoms with Crippen molar-refractivity contribution in [3.05, 3.63) is 0 Å². The van der Waals surface area contributed by atoms with Crippen LogP contribution in [0.1, 0.15) is 40.5 Å². The maximum Gasteiger partial charge on any atom is 0.328 e. The Kier molecular flexibility index (Phi) is 8.01. The Labute approximate surface area is 154 Å². The zero-order valence-electron chi connectivity index (χ0n) is 16.1.